The quantitative estimate of drug-likeness (QED) is 0.739. The summed E-state index contributed by atoms with van der Waals surface area (Å²) in [5.41, 5.74) is 0.545. The van der Waals surface area contributed by atoms with Crippen molar-refractivity contribution in [3.8, 4) is 5.75 Å². The molecular formula is C19H28Cl2N2O. The van der Waals surface area contributed by atoms with E-state index >= 15 is 0 Å². The molecule has 1 atom stereocenters. The van der Waals surface area contributed by atoms with E-state index < -0.39 is 0 Å². The van der Waals surface area contributed by atoms with E-state index in [1.807, 2.05) is 12.1 Å². The number of unbranched alkanes of at least 4 members (excludes halogenated alkanes) is 1. The Labute approximate surface area is 155 Å². The van der Waals surface area contributed by atoms with Gasteiger partial charge in [0.1, 0.15) is 5.75 Å². The lowest BCUT2D eigenvalue weighted by Gasteiger charge is -2.45. The van der Waals surface area contributed by atoms with Gasteiger partial charge in [0.25, 0.3) is 0 Å². The summed E-state index contributed by atoms with van der Waals surface area (Å²) in [5, 5.41) is 4.83. The van der Waals surface area contributed by atoms with Crippen molar-refractivity contribution in [2.45, 2.75) is 38.5 Å². The molecule has 3 rings (SSSR count). The van der Waals surface area contributed by atoms with E-state index in [0.29, 0.717) is 22.1 Å². The molecule has 0 amide bonds. The first-order valence-electron chi connectivity index (χ1n) is 9.18. The number of hydrogen-bond acceptors (Lipinski definition) is 3. The topological polar surface area (TPSA) is 24.5 Å². The summed E-state index contributed by atoms with van der Waals surface area (Å²) in [4.78, 5) is 2.66. The minimum absolute atomic E-state index is 0.545. The lowest BCUT2D eigenvalue weighted by Crippen LogP contribution is -2.51. The van der Waals surface area contributed by atoms with E-state index in [9.17, 15) is 0 Å². The van der Waals surface area contributed by atoms with E-state index in [0.717, 1.165) is 12.2 Å². The highest BCUT2D eigenvalue weighted by Crippen LogP contribution is 2.35. The molecule has 2 heterocycles. The van der Waals surface area contributed by atoms with Crippen LogP contribution in [0.4, 0.5) is 0 Å². The molecule has 1 unspecified atom stereocenters. The maximum absolute atomic E-state index is 6.12. The molecule has 1 aromatic rings. The second-order valence-electron chi connectivity index (χ2n) is 7.29. The molecule has 0 radical (unpaired) electrons. The van der Waals surface area contributed by atoms with Gasteiger partial charge >= 0.3 is 0 Å². The number of benzene rings is 1. The van der Waals surface area contributed by atoms with E-state index in [4.69, 9.17) is 27.9 Å². The van der Waals surface area contributed by atoms with Gasteiger partial charge in [-0.3, -0.25) is 0 Å². The fourth-order valence-electron chi connectivity index (χ4n) is 4.09. The van der Waals surface area contributed by atoms with E-state index in [1.165, 1.54) is 64.8 Å². The Bertz CT molecular complexity index is 527. The molecule has 2 aliphatic rings. The summed E-state index contributed by atoms with van der Waals surface area (Å²) >= 11 is 12.0. The van der Waals surface area contributed by atoms with Gasteiger partial charge in [-0.1, -0.05) is 23.2 Å². The third kappa shape index (κ3) is 5.01. The van der Waals surface area contributed by atoms with Crippen LogP contribution >= 0.6 is 23.2 Å². The zero-order valence-electron chi connectivity index (χ0n) is 14.3. The molecule has 0 aromatic heterocycles. The highest BCUT2D eigenvalue weighted by Gasteiger charge is 2.36. The Balaban J connectivity index is 1.35. The number of nitrogens with one attached hydrogen (secondary N) is 1. The predicted molar refractivity (Wildman–Crippen MR) is 101 cm³/mol. The Morgan fingerprint density at radius 3 is 2.83 bits per heavy atom. The molecule has 5 heteroatoms. The molecule has 2 aliphatic heterocycles. The molecule has 1 aromatic carbocycles. The number of rotatable bonds is 6. The standard InChI is InChI=1S/C19H28Cl2N2O/c20-16-5-6-18(17(21)13-16)24-12-2-1-10-23-11-4-8-19(15-23)7-3-9-22-14-19/h5-6,13,22H,1-4,7-12,14-15H2. The molecule has 2 saturated heterocycles. The van der Waals surface area contributed by atoms with Crippen LogP contribution in [0.3, 0.4) is 0 Å². The Hall–Kier alpha value is -0.480. The van der Waals surface area contributed by atoms with Gasteiger partial charge in [0.2, 0.25) is 0 Å². The summed E-state index contributed by atoms with van der Waals surface area (Å²) in [6.07, 6.45) is 7.71. The smallest absolute Gasteiger partial charge is 0.137 e. The number of likely N-dealkylation sites (tertiary alicyclic amines) is 1. The molecule has 24 heavy (non-hydrogen) atoms. The van der Waals surface area contributed by atoms with E-state index in [2.05, 4.69) is 10.2 Å². The number of hydrogen-bond donors (Lipinski definition) is 1. The van der Waals surface area contributed by atoms with Gasteiger partial charge in [-0.05, 0) is 81.8 Å². The van der Waals surface area contributed by atoms with Gasteiger partial charge in [-0.25, -0.2) is 0 Å². The average Bonchev–Trinajstić information content (AvgIpc) is 2.57. The summed E-state index contributed by atoms with van der Waals surface area (Å²) in [5.74, 6) is 0.728. The largest absolute Gasteiger partial charge is 0.492 e. The van der Waals surface area contributed by atoms with Crippen molar-refractivity contribution in [2.24, 2.45) is 5.41 Å². The molecule has 2 fully saturated rings. The summed E-state index contributed by atoms with van der Waals surface area (Å²) < 4.78 is 5.77. The van der Waals surface area contributed by atoms with Crippen molar-refractivity contribution in [3.63, 3.8) is 0 Å². The Kier molecular flexibility index (Phi) is 6.68. The van der Waals surface area contributed by atoms with Crippen molar-refractivity contribution >= 4 is 23.2 Å². The zero-order chi connectivity index (χ0) is 16.8. The highest BCUT2D eigenvalue weighted by molar-refractivity contribution is 6.35. The minimum atomic E-state index is 0.545. The summed E-state index contributed by atoms with van der Waals surface area (Å²) in [6, 6.07) is 5.38. The van der Waals surface area contributed by atoms with Crippen molar-refractivity contribution in [2.75, 3.05) is 39.3 Å². The molecule has 1 spiro atoms. The van der Waals surface area contributed by atoms with E-state index in [1.54, 1.807) is 6.07 Å². The first-order valence-corrected chi connectivity index (χ1v) is 9.93. The second kappa shape index (κ2) is 8.75. The molecule has 0 aliphatic carbocycles. The SMILES string of the molecule is Clc1ccc(OCCCCN2CCCC3(CCCNC3)C2)c(Cl)c1. The van der Waals surface area contributed by atoms with Crippen molar-refractivity contribution < 1.29 is 4.74 Å². The highest BCUT2D eigenvalue weighted by atomic mass is 35.5. The van der Waals surface area contributed by atoms with Crippen LogP contribution in [-0.2, 0) is 0 Å². The lowest BCUT2D eigenvalue weighted by molar-refractivity contribution is 0.0630. The van der Waals surface area contributed by atoms with Crippen molar-refractivity contribution in [1.29, 1.82) is 0 Å². The molecule has 134 valence electrons. The van der Waals surface area contributed by atoms with Gasteiger partial charge in [0, 0.05) is 18.1 Å². The van der Waals surface area contributed by atoms with Crippen LogP contribution in [-0.4, -0.2) is 44.2 Å². The van der Waals surface area contributed by atoms with Crippen LogP contribution < -0.4 is 10.1 Å². The van der Waals surface area contributed by atoms with Gasteiger partial charge in [0.15, 0.2) is 0 Å². The van der Waals surface area contributed by atoms with Crippen LogP contribution in [0.1, 0.15) is 38.5 Å². The maximum atomic E-state index is 6.12. The minimum Gasteiger partial charge on any atom is -0.492 e. The maximum Gasteiger partial charge on any atom is 0.137 e. The van der Waals surface area contributed by atoms with Crippen molar-refractivity contribution in [3.05, 3.63) is 28.2 Å². The van der Waals surface area contributed by atoms with Crippen LogP contribution in [0, 0.1) is 5.41 Å². The summed E-state index contributed by atoms with van der Waals surface area (Å²) in [7, 11) is 0. The van der Waals surface area contributed by atoms with Crippen LogP contribution in [0.25, 0.3) is 0 Å². The van der Waals surface area contributed by atoms with Crippen LogP contribution in [0.2, 0.25) is 10.0 Å². The monoisotopic (exact) mass is 370 g/mol. The lowest BCUT2D eigenvalue weighted by atomic mass is 9.74. The van der Waals surface area contributed by atoms with Gasteiger partial charge in [-0.15, -0.1) is 0 Å². The third-order valence-electron chi connectivity index (χ3n) is 5.32. The van der Waals surface area contributed by atoms with Crippen LogP contribution in [0.5, 0.6) is 5.75 Å². The number of nitrogens with zero attached hydrogens (tertiary/aromatic N) is 1. The first kappa shape index (κ1) is 18.3. The average molecular weight is 371 g/mol. The molecular weight excluding hydrogens is 343 g/mol. The number of piperidine rings is 2. The Morgan fingerprint density at radius 2 is 2.04 bits per heavy atom. The van der Waals surface area contributed by atoms with Gasteiger partial charge in [0.05, 0.1) is 11.6 Å². The number of ether oxygens (including phenoxy) is 1. The fraction of sp³-hybridized carbons (Fsp3) is 0.684. The third-order valence-corrected chi connectivity index (χ3v) is 5.85. The Morgan fingerprint density at radius 1 is 1.17 bits per heavy atom. The number of halogens is 2. The van der Waals surface area contributed by atoms with E-state index in [-0.39, 0.29) is 0 Å². The predicted octanol–water partition coefficient (Wildman–Crippen LogP) is 4.62. The molecule has 3 nitrogen and oxygen atoms in total. The second-order valence-corrected chi connectivity index (χ2v) is 8.13. The zero-order valence-corrected chi connectivity index (χ0v) is 15.8. The van der Waals surface area contributed by atoms with Gasteiger partial charge in [-0.2, -0.15) is 0 Å². The fourth-order valence-corrected chi connectivity index (χ4v) is 4.55. The molecule has 1 N–H and O–H groups in total. The summed E-state index contributed by atoms with van der Waals surface area (Å²) in [6.45, 7) is 6.82. The normalized spacial score (nSPS) is 25.1. The van der Waals surface area contributed by atoms with Gasteiger partial charge < -0.3 is 15.0 Å². The van der Waals surface area contributed by atoms with Crippen LogP contribution in [0.15, 0.2) is 18.2 Å². The first-order chi connectivity index (χ1) is 11.7. The van der Waals surface area contributed by atoms with Crippen molar-refractivity contribution in [1.82, 2.24) is 10.2 Å². The molecule has 0 bridgehead atoms. The molecule has 0 saturated carbocycles.